The fourth-order valence-corrected chi connectivity index (χ4v) is 1.07. The van der Waals surface area contributed by atoms with Crippen molar-refractivity contribution in [3.05, 3.63) is 12.2 Å². The fraction of sp³-hybridized carbons (Fsp3) is 0.700. The second kappa shape index (κ2) is 6.66. The van der Waals surface area contributed by atoms with E-state index < -0.39 is 0 Å². The Morgan fingerprint density at radius 1 is 1.46 bits per heavy atom. The van der Waals surface area contributed by atoms with Crippen LogP contribution in [0.1, 0.15) is 26.7 Å². The Kier molecular flexibility index (Phi) is 6.24. The summed E-state index contributed by atoms with van der Waals surface area (Å²) in [6.45, 7) is 9.57. The van der Waals surface area contributed by atoms with Gasteiger partial charge < -0.3 is 10.6 Å². The molecule has 0 bridgehead atoms. The zero-order chi connectivity index (χ0) is 10.3. The van der Waals surface area contributed by atoms with Gasteiger partial charge in [-0.25, -0.2) is 0 Å². The summed E-state index contributed by atoms with van der Waals surface area (Å²) >= 11 is 0. The molecule has 0 aromatic rings. The first-order chi connectivity index (χ1) is 6.11. The predicted octanol–water partition coefficient (Wildman–Crippen LogP) is 1.15. The molecule has 0 aliphatic heterocycles. The van der Waals surface area contributed by atoms with Gasteiger partial charge in [0.15, 0.2) is 0 Å². The summed E-state index contributed by atoms with van der Waals surface area (Å²) in [6.07, 6.45) is 1.42. The Morgan fingerprint density at radius 3 is 2.46 bits per heavy atom. The van der Waals surface area contributed by atoms with Gasteiger partial charge in [-0.05, 0) is 13.3 Å². The van der Waals surface area contributed by atoms with E-state index in [9.17, 15) is 4.79 Å². The maximum absolute atomic E-state index is 11.4. The molecule has 0 spiro atoms. The summed E-state index contributed by atoms with van der Waals surface area (Å²) in [6, 6.07) is 0. The monoisotopic (exact) mass is 184 g/mol. The lowest BCUT2D eigenvalue weighted by molar-refractivity contribution is -0.130. The summed E-state index contributed by atoms with van der Waals surface area (Å²) in [4.78, 5) is 13.2. The lowest BCUT2D eigenvalue weighted by Crippen LogP contribution is -2.35. The SMILES string of the molecule is C=C(C)CCN(CCN)C(=O)CC. The van der Waals surface area contributed by atoms with Crippen LogP contribution in [0.2, 0.25) is 0 Å². The zero-order valence-electron chi connectivity index (χ0n) is 8.68. The molecule has 0 aromatic heterocycles. The molecular weight excluding hydrogens is 164 g/mol. The maximum atomic E-state index is 11.4. The number of carbonyl (C=O) groups excluding carboxylic acids is 1. The van der Waals surface area contributed by atoms with Crippen molar-refractivity contribution in [2.45, 2.75) is 26.7 Å². The topological polar surface area (TPSA) is 46.3 Å². The number of carbonyl (C=O) groups is 1. The van der Waals surface area contributed by atoms with Crippen LogP contribution in [0.25, 0.3) is 0 Å². The van der Waals surface area contributed by atoms with Gasteiger partial charge in [0.25, 0.3) is 0 Å². The van der Waals surface area contributed by atoms with Crippen molar-refractivity contribution in [1.29, 1.82) is 0 Å². The molecule has 1 amide bonds. The van der Waals surface area contributed by atoms with E-state index in [0.29, 0.717) is 19.5 Å². The van der Waals surface area contributed by atoms with Gasteiger partial charge in [0.2, 0.25) is 5.91 Å². The summed E-state index contributed by atoms with van der Waals surface area (Å²) in [5, 5.41) is 0. The Morgan fingerprint density at radius 2 is 2.08 bits per heavy atom. The van der Waals surface area contributed by atoms with Crippen LogP contribution < -0.4 is 5.73 Å². The average molecular weight is 184 g/mol. The molecule has 0 aliphatic rings. The Hall–Kier alpha value is -0.830. The second-order valence-corrected chi connectivity index (χ2v) is 3.23. The van der Waals surface area contributed by atoms with Gasteiger partial charge in [0.05, 0.1) is 0 Å². The van der Waals surface area contributed by atoms with Gasteiger partial charge in [-0.1, -0.05) is 12.5 Å². The highest BCUT2D eigenvalue weighted by molar-refractivity contribution is 5.75. The molecule has 0 aliphatic carbocycles. The molecule has 0 fully saturated rings. The van der Waals surface area contributed by atoms with Crippen molar-refractivity contribution >= 4 is 5.91 Å². The minimum Gasteiger partial charge on any atom is -0.341 e. The van der Waals surface area contributed by atoms with Gasteiger partial charge in [-0.15, -0.1) is 6.58 Å². The van der Waals surface area contributed by atoms with Crippen LogP contribution >= 0.6 is 0 Å². The second-order valence-electron chi connectivity index (χ2n) is 3.23. The first-order valence-electron chi connectivity index (χ1n) is 4.74. The van der Waals surface area contributed by atoms with E-state index >= 15 is 0 Å². The number of hydrogen-bond donors (Lipinski definition) is 1. The van der Waals surface area contributed by atoms with Gasteiger partial charge in [0, 0.05) is 26.1 Å². The molecule has 0 atom stereocenters. The average Bonchev–Trinajstić information content (AvgIpc) is 2.10. The van der Waals surface area contributed by atoms with Crippen LogP contribution in [0.4, 0.5) is 0 Å². The predicted molar refractivity (Wildman–Crippen MR) is 55.4 cm³/mol. The van der Waals surface area contributed by atoms with E-state index in [1.54, 1.807) is 4.90 Å². The van der Waals surface area contributed by atoms with E-state index in [-0.39, 0.29) is 5.91 Å². The van der Waals surface area contributed by atoms with Crippen LogP contribution in [-0.2, 0) is 4.79 Å². The quantitative estimate of drug-likeness (QED) is 0.629. The summed E-state index contributed by atoms with van der Waals surface area (Å²) in [5.41, 5.74) is 6.51. The van der Waals surface area contributed by atoms with Crippen LogP contribution in [-0.4, -0.2) is 30.4 Å². The molecule has 3 nitrogen and oxygen atoms in total. The standard InChI is InChI=1S/C10H20N2O/c1-4-10(13)12(8-6-11)7-5-9(2)3/h2,4-8,11H2,1,3H3. The number of rotatable bonds is 6. The van der Waals surface area contributed by atoms with Gasteiger partial charge in [0.1, 0.15) is 0 Å². The van der Waals surface area contributed by atoms with Crippen molar-refractivity contribution < 1.29 is 4.79 Å². The lowest BCUT2D eigenvalue weighted by Gasteiger charge is -2.21. The number of hydrogen-bond acceptors (Lipinski definition) is 2. The van der Waals surface area contributed by atoms with E-state index in [1.807, 2.05) is 13.8 Å². The maximum Gasteiger partial charge on any atom is 0.222 e. The Balaban J connectivity index is 3.93. The Bertz CT molecular complexity index is 178. The minimum atomic E-state index is 0.173. The summed E-state index contributed by atoms with van der Waals surface area (Å²) in [5.74, 6) is 0.173. The van der Waals surface area contributed by atoms with Crippen molar-refractivity contribution in [2.24, 2.45) is 5.73 Å². The molecule has 3 heteroatoms. The van der Waals surface area contributed by atoms with Crippen LogP contribution in [0.15, 0.2) is 12.2 Å². The smallest absolute Gasteiger partial charge is 0.222 e. The van der Waals surface area contributed by atoms with E-state index in [0.717, 1.165) is 18.5 Å². The van der Waals surface area contributed by atoms with Crippen LogP contribution in [0, 0.1) is 0 Å². The molecule has 0 unspecified atom stereocenters. The van der Waals surface area contributed by atoms with Crippen LogP contribution in [0.5, 0.6) is 0 Å². The summed E-state index contributed by atoms with van der Waals surface area (Å²) < 4.78 is 0. The molecule has 0 saturated heterocycles. The molecule has 76 valence electrons. The molecule has 0 rings (SSSR count). The number of nitrogens with zero attached hydrogens (tertiary/aromatic N) is 1. The molecular formula is C10H20N2O. The molecule has 2 N–H and O–H groups in total. The molecule has 0 radical (unpaired) electrons. The van der Waals surface area contributed by atoms with Crippen molar-refractivity contribution in [1.82, 2.24) is 4.90 Å². The summed E-state index contributed by atoms with van der Waals surface area (Å²) in [7, 11) is 0. The highest BCUT2D eigenvalue weighted by Crippen LogP contribution is 2.00. The molecule has 0 heterocycles. The van der Waals surface area contributed by atoms with Gasteiger partial charge in [-0.3, -0.25) is 4.79 Å². The highest BCUT2D eigenvalue weighted by atomic mass is 16.2. The molecule has 13 heavy (non-hydrogen) atoms. The first kappa shape index (κ1) is 12.2. The van der Waals surface area contributed by atoms with E-state index in [2.05, 4.69) is 6.58 Å². The fourth-order valence-electron chi connectivity index (χ4n) is 1.07. The first-order valence-corrected chi connectivity index (χ1v) is 4.74. The molecule has 0 saturated carbocycles. The molecule has 0 aromatic carbocycles. The van der Waals surface area contributed by atoms with Gasteiger partial charge >= 0.3 is 0 Å². The van der Waals surface area contributed by atoms with E-state index in [1.165, 1.54) is 0 Å². The largest absolute Gasteiger partial charge is 0.341 e. The van der Waals surface area contributed by atoms with Crippen molar-refractivity contribution in [3.8, 4) is 0 Å². The number of nitrogens with two attached hydrogens (primary N) is 1. The van der Waals surface area contributed by atoms with Gasteiger partial charge in [-0.2, -0.15) is 0 Å². The van der Waals surface area contributed by atoms with E-state index in [4.69, 9.17) is 5.73 Å². The third-order valence-electron chi connectivity index (χ3n) is 1.86. The van der Waals surface area contributed by atoms with Crippen LogP contribution in [0.3, 0.4) is 0 Å². The van der Waals surface area contributed by atoms with Crippen molar-refractivity contribution in [3.63, 3.8) is 0 Å². The number of amides is 1. The normalized spacial score (nSPS) is 9.77. The lowest BCUT2D eigenvalue weighted by atomic mass is 10.2. The zero-order valence-corrected chi connectivity index (χ0v) is 8.68. The van der Waals surface area contributed by atoms with Crippen molar-refractivity contribution in [2.75, 3.05) is 19.6 Å². The third kappa shape index (κ3) is 5.42. The minimum absolute atomic E-state index is 0.173. The Labute approximate surface area is 80.6 Å². The highest BCUT2D eigenvalue weighted by Gasteiger charge is 2.09. The third-order valence-corrected chi connectivity index (χ3v) is 1.86.